The first-order chi connectivity index (χ1) is 5.68. The molecule has 0 saturated carbocycles. The maximum absolute atomic E-state index is 10.6. The highest BCUT2D eigenvalue weighted by molar-refractivity contribution is 5.90. The third-order valence-corrected chi connectivity index (χ3v) is 1.27. The molecule has 1 amide bonds. The number of aromatic nitrogens is 1. The molecule has 0 saturated heterocycles. The summed E-state index contributed by atoms with van der Waals surface area (Å²) >= 11 is 0. The van der Waals surface area contributed by atoms with Gasteiger partial charge in [0.25, 0.3) is 0 Å². The number of pyridine rings is 1. The second-order valence-corrected chi connectivity index (χ2v) is 2.23. The zero-order valence-electron chi connectivity index (χ0n) is 6.31. The minimum Gasteiger partial charge on any atom is -0.619 e. The Morgan fingerprint density at radius 2 is 2.08 bits per heavy atom. The van der Waals surface area contributed by atoms with E-state index in [0.29, 0.717) is 4.73 Å². The van der Waals surface area contributed by atoms with E-state index in [1.807, 2.05) is 0 Å². The molecule has 2 N–H and O–H groups in total. The van der Waals surface area contributed by atoms with Crippen LogP contribution in [0.3, 0.4) is 0 Å². The minimum absolute atomic E-state index is 0.506. The van der Waals surface area contributed by atoms with Crippen molar-refractivity contribution in [2.24, 2.45) is 5.73 Å². The number of amides is 1. The summed E-state index contributed by atoms with van der Waals surface area (Å²) < 4.78 is 0.668. The first-order valence-corrected chi connectivity index (χ1v) is 3.35. The first kappa shape index (κ1) is 8.26. The number of hydrogen-bond donors (Lipinski definition) is 1. The quantitative estimate of drug-likeness (QED) is 0.374. The maximum atomic E-state index is 10.6. The van der Waals surface area contributed by atoms with Crippen LogP contribution >= 0.6 is 0 Å². The molecule has 1 aromatic heterocycles. The van der Waals surface area contributed by atoms with Gasteiger partial charge in [-0.05, 0) is 11.6 Å². The van der Waals surface area contributed by atoms with Crippen molar-refractivity contribution in [2.75, 3.05) is 0 Å². The zero-order valence-corrected chi connectivity index (χ0v) is 6.31. The van der Waals surface area contributed by atoms with Gasteiger partial charge in [0.1, 0.15) is 0 Å². The van der Waals surface area contributed by atoms with Crippen molar-refractivity contribution in [3.05, 3.63) is 41.4 Å². The van der Waals surface area contributed by atoms with E-state index < -0.39 is 5.91 Å². The van der Waals surface area contributed by atoms with Crippen LogP contribution in [0.25, 0.3) is 6.08 Å². The van der Waals surface area contributed by atoms with Gasteiger partial charge in [-0.2, -0.15) is 4.73 Å². The van der Waals surface area contributed by atoms with Gasteiger partial charge < -0.3 is 10.9 Å². The number of nitrogens with zero attached hydrogens (tertiary/aromatic N) is 1. The Morgan fingerprint density at radius 1 is 1.50 bits per heavy atom. The van der Waals surface area contributed by atoms with Gasteiger partial charge in [-0.15, -0.1) is 0 Å². The lowest BCUT2D eigenvalue weighted by Crippen LogP contribution is -2.23. The van der Waals surface area contributed by atoms with Crippen LogP contribution in [0.4, 0.5) is 0 Å². The lowest BCUT2D eigenvalue weighted by atomic mass is 10.2. The van der Waals surface area contributed by atoms with Crippen LogP contribution < -0.4 is 10.5 Å². The predicted octanol–water partition coefficient (Wildman–Crippen LogP) is -0.182. The summed E-state index contributed by atoms with van der Waals surface area (Å²) in [5.74, 6) is -0.506. The van der Waals surface area contributed by atoms with E-state index in [1.165, 1.54) is 18.5 Å². The SMILES string of the molecule is NC(=O)/C=C\c1cc[n+]([O-])cc1. The summed E-state index contributed by atoms with van der Waals surface area (Å²) in [5.41, 5.74) is 5.64. The average Bonchev–Trinajstić information content (AvgIpc) is 2.03. The topological polar surface area (TPSA) is 70.0 Å². The molecule has 1 rings (SSSR count). The van der Waals surface area contributed by atoms with Crippen molar-refractivity contribution >= 4 is 12.0 Å². The van der Waals surface area contributed by atoms with E-state index in [-0.39, 0.29) is 0 Å². The number of primary amides is 1. The number of nitrogens with two attached hydrogens (primary N) is 1. The lowest BCUT2D eigenvalue weighted by Gasteiger charge is -1.93. The van der Waals surface area contributed by atoms with Crippen molar-refractivity contribution < 1.29 is 9.52 Å². The molecular formula is C8H8N2O2. The molecule has 0 atom stereocenters. The van der Waals surface area contributed by atoms with Gasteiger partial charge in [-0.3, -0.25) is 4.79 Å². The van der Waals surface area contributed by atoms with Gasteiger partial charge in [0, 0.05) is 18.2 Å². The normalized spacial score (nSPS) is 10.3. The zero-order chi connectivity index (χ0) is 8.97. The van der Waals surface area contributed by atoms with Gasteiger partial charge in [0.05, 0.1) is 0 Å². The fourth-order valence-corrected chi connectivity index (χ4v) is 0.714. The smallest absolute Gasteiger partial charge is 0.241 e. The monoisotopic (exact) mass is 164 g/mol. The van der Waals surface area contributed by atoms with Crippen LogP contribution in [-0.4, -0.2) is 5.91 Å². The van der Waals surface area contributed by atoms with E-state index in [4.69, 9.17) is 5.73 Å². The summed E-state index contributed by atoms with van der Waals surface area (Å²) in [5, 5.41) is 10.6. The Bertz CT molecular complexity index is 303. The molecule has 62 valence electrons. The van der Waals surface area contributed by atoms with Gasteiger partial charge in [-0.1, -0.05) is 0 Å². The summed E-state index contributed by atoms with van der Waals surface area (Å²) in [7, 11) is 0. The molecule has 0 unspecified atom stereocenters. The number of carbonyl (C=O) groups excluding carboxylic acids is 1. The first-order valence-electron chi connectivity index (χ1n) is 3.35. The predicted molar refractivity (Wildman–Crippen MR) is 43.6 cm³/mol. The molecule has 4 nitrogen and oxygen atoms in total. The molecule has 4 heteroatoms. The molecule has 1 aromatic rings. The van der Waals surface area contributed by atoms with Crippen LogP contribution in [0.1, 0.15) is 5.56 Å². The fraction of sp³-hybridized carbons (Fsp3) is 0. The molecule has 1 heterocycles. The Kier molecular flexibility index (Phi) is 2.42. The fourth-order valence-electron chi connectivity index (χ4n) is 0.714. The second-order valence-electron chi connectivity index (χ2n) is 2.23. The lowest BCUT2D eigenvalue weighted by molar-refractivity contribution is -0.605. The molecule has 0 radical (unpaired) electrons. The highest BCUT2D eigenvalue weighted by atomic mass is 16.5. The summed E-state index contributed by atoms with van der Waals surface area (Å²) in [4.78, 5) is 10.3. The molecule has 0 bridgehead atoms. The summed E-state index contributed by atoms with van der Waals surface area (Å²) in [6, 6.07) is 3.18. The van der Waals surface area contributed by atoms with Crippen molar-refractivity contribution in [3.63, 3.8) is 0 Å². The van der Waals surface area contributed by atoms with E-state index in [1.54, 1.807) is 18.2 Å². The Balaban J connectivity index is 2.77. The molecule has 0 aromatic carbocycles. The van der Waals surface area contributed by atoms with Crippen LogP contribution in [-0.2, 0) is 4.79 Å². The number of hydrogen-bond acceptors (Lipinski definition) is 2. The van der Waals surface area contributed by atoms with Crippen molar-refractivity contribution in [3.8, 4) is 0 Å². The molecule has 0 fully saturated rings. The van der Waals surface area contributed by atoms with Gasteiger partial charge in [0.15, 0.2) is 12.4 Å². The summed E-state index contributed by atoms with van der Waals surface area (Å²) in [6.45, 7) is 0. The van der Waals surface area contributed by atoms with E-state index in [0.717, 1.165) is 5.56 Å². The molecule has 0 aliphatic carbocycles. The van der Waals surface area contributed by atoms with E-state index >= 15 is 0 Å². The molecule has 0 aliphatic rings. The van der Waals surface area contributed by atoms with Gasteiger partial charge in [-0.25, -0.2) is 0 Å². The van der Waals surface area contributed by atoms with Crippen molar-refractivity contribution in [1.29, 1.82) is 0 Å². The Morgan fingerprint density at radius 3 is 2.58 bits per heavy atom. The van der Waals surface area contributed by atoms with E-state index in [9.17, 15) is 10.0 Å². The number of rotatable bonds is 2. The van der Waals surface area contributed by atoms with Crippen LogP contribution in [0, 0.1) is 5.21 Å². The van der Waals surface area contributed by atoms with Crippen LogP contribution in [0.5, 0.6) is 0 Å². The standard InChI is InChI=1S/C8H8N2O2/c9-8(11)2-1-7-3-5-10(12)6-4-7/h1-6H,(H2,9,11)/b2-1-. The Hall–Kier alpha value is -1.84. The van der Waals surface area contributed by atoms with Crippen LogP contribution in [0.15, 0.2) is 30.6 Å². The minimum atomic E-state index is -0.506. The number of carbonyl (C=O) groups is 1. The molecule has 12 heavy (non-hydrogen) atoms. The molecular weight excluding hydrogens is 156 g/mol. The maximum Gasteiger partial charge on any atom is 0.241 e. The van der Waals surface area contributed by atoms with Gasteiger partial charge in [0.2, 0.25) is 5.91 Å². The summed E-state index contributed by atoms with van der Waals surface area (Å²) in [6.07, 6.45) is 5.48. The third-order valence-electron chi connectivity index (χ3n) is 1.27. The van der Waals surface area contributed by atoms with Gasteiger partial charge >= 0.3 is 0 Å². The Labute approximate surface area is 69.5 Å². The molecule has 0 aliphatic heterocycles. The van der Waals surface area contributed by atoms with Crippen molar-refractivity contribution in [2.45, 2.75) is 0 Å². The third kappa shape index (κ3) is 2.42. The highest BCUT2D eigenvalue weighted by Gasteiger charge is 1.90. The second kappa shape index (κ2) is 3.52. The highest BCUT2D eigenvalue weighted by Crippen LogP contribution is 1.96. The van der Waals surface area contributed by atoms with E-state index in [2.05, 4.69) is 0 Å². The molecule has 0 spiro atoms. The average molecular weight is 164 g/mol. The largest absolute Gasteiger partial charge is 0.619 e. The van der Waals surface area contributed by atoms with Crippen molar-refractivity contribution in [1.82, 2.24) is 0 Å². The van der Waals surface area contributed by atoms with Crippen LogP contribution in [0.2, 0.25) is 0 Å².